The number of hydrogen-bond acceptors (Lipinski definition) is 5. The van der Waals surface area contributed by atoms with Crippen molar-refractivity contribution in [1.82, 2.24) is 14.5 Å². The van der Waals surface area contributed by atoms with Crippen LogP contribution in [0.2, 0.25) is 0 Å². The van der Waals surface area contributed by atoms with E-state index < -0.39 is 5.41 Å². The number of ether oxygens (including phenoxy) is 1. The van der Waals surface area contributed by atoms with Gasteiger partial charge in [0.05, 0.1) is 46.4 Å². The summed E-state index contributed by atoms with van der Waals surface area (Å²) in [6.45, 7) is 29.4. The molecule has 1 aliphatic carbocycles. The number of rotatable bonds is 3. The minimum atomic E-state index is -0.611. The van der Waals surface area contributed by atoms with E-state index in [2.05, 4.69) is 194 Å². The molecule has 0 bridgehead atoms. The highest BCUT2D eigenvalue weighted by molar-refractivity contribution is 6.09. The van der Waals surface area contributed by atoms with Gasteiger partial charge in [0.15, 0.2) is 0 Å². The lowest BCUT2D eigenvalue weighted by Gasteiger charge is -2.46. The van der Waals surface area contributed by atoms with Gasteiger partial charge in [-0.2, -0.15) is 0 Å². The molecule has 8 aromatic rings. The number of benzene rings is 5. The first-order valence-corrected chi connectivity index (χ1v) is 23.3. The quantitative estimate of drug-likeness (QED) is 0.177. The number of pyridine rings is 2. The fraction of sp³-hybridized carbons (Fsp3) is 0.322. The Morgan fingerprint density at radius 1 is 0.554 bits per heavy atom. The van der Waals surface area contributed by atoms with Crippen molar-refractivity contribution in [2.45, 2.75) is 110 Å². The van der Waals surface area contributed by atoms with Crippen LogP contribution >= 0.6 is 0 Å². The summed E-state index contributed by atoms with van der Waals surface area (Å²) in [7, 11) is 2.23. The van der Waals surface area contributed by atoms with Gasteiger partial charge in [-0.1, -0.05) is 132 Å². The van der Waals surface area contributed by atoms with Crippen LogP contribution in [-0.4, -0.2) is 28.3 Å². The number of nitrogens with zero attached hydrogens (tertiary/aromatic N) is 5. The summed E-state index contributed by atoms with van der Waals surface area (Å²) in [5, 5.41) is 2.26. The van der Waals surface area contributed by atoms with Gasteiger partial charge in [0.2, 0.25) is 0 Å². The molecule has 0 radical (unpaired) electrons. The molecule has 5 aromatic carbocycles. The van der Waals surface area contributed by atoms with Crippen LogP contribution in [0.25, 0.3) is 38.8 Å². The molecule has 1 spiro atoms. The van der Waals surface area contributed by atoms with E-state index >= 15 is 0 Å². The number of anilines is 3. The van der Waals surface area contributed by atoms with E-state index in [0.717, 1.165) is 45.8 Å². The van der Waals surface area contributed by atoms with E-state index in [1.807, 2.05) is 36.8 Å². The Balaban J connectivity index is 1.21. The first-order chi connectivity index (χ1) is 30.7. The molecule has 0 unspecified atom stereocenters. The maximum absolute atomic E-state index is 7.03. The van der Waals surface area contributed by atoms with Crippen LogP contribution < -0.4 is 14.5 Å². The predicted molar refractivity (Wildman–Crippen MR) is 270 cm³/mol. The van der Waals surface area contributed by atoms with Crippen molar-refractivity contribution >= 4 is 38.9 Å². The molecular weight excluding hydrogens is 795 g/mol. The summed E-state index contributed by atoms with van der Waals surface area (Å²) in [4.78, 5) is 14.2. The topological polar surface area (TPSA) is 46.4 Å². The smallest absolute Gasteiger partial charge is 0.137 e. The van der Waals surface area contributed by atoms with E-state index in [-0.39, 0.29) is 21.7 Å². The highest BCUT2D eigenvalue weighted by atomic mass is 16.5. The zero-order chi connectivity index (χ0) is 45.7. The van der Waals surface area contributed by atoms with Gasteiger partial charge in [0.1, 0.15) is 17.3 Å². The predicted octanol–water partition coefficient (Wildman–Crippen LogP) is 14.8. The van der Waals surface area contributed by atoms with E-state index in [0.29, 0.717) is 0 Å². The highest BCUT2D eigenvalue weighted by Crippen LogP contribution is 2.68. The molecule has 6 heteroatoms. The van der Waals surface area contributed by atoms with E-state index in [9.17, 15) is 0 Å². The van der Waals surface area contributed by atoms with Gasteiger partial charge in [0, 0.05) is 42.3 Å². The summed E-state index contributed by atoms with van der Waals surface area (Å²) < 4.78 is 9.21. The lowest BCUT2D eigenvalue weighted by molar-refractivity contribution is 0.482. The van der Waals surface area contributed by atoms with Gasteiger partial charge >= 0.3 is 0 Å². The molecule has 0 saturated carbocycles. The zero-order valence-corrected chi connectivity index (χ0v) is 40.4. The first kappa shape index (κ1) is 41.3. The fourth-order valence-electron chi connectivity index (χ4n) is 11.2. The largest absolute Gasteiger partial charge is 0.457 e. The van der Waals surface area contributed by atoms with Gasteiger partial charge < -0.3 is 14.5 Å². The number of hydrogen-bond donors (Lipinski definition) is 0. The van der Waals surface area contributed by atoms with Crippen molar-refractivity contribution < 1.29 is 4.74 Å². The molecule has 328 valence electrons. The fourth-order valence-corrected chi connectivity index (χ4v) is 11.2. The average molecular weight is 856 g/mol. The SMILES string of the molecule is CN1CN2c3cc(Oc4ccc5c6ccncc6n(-c6ccccn6)c5c4)ccc3C3(c4cccc1c42)c1c(cc(C(C)(C)C)cc1C(C)(C)C)-c1cc(C(C)(C)C)cc(C(C)(C)C)c13. The van der Waals surface area contributed by atoms with Crippen LogP contribution in [0, 0.1) is 0 Å². The van der Waals surface area contributed by atoms with Gasteiger partial charge in [0.25, 0.3) is 0 Å². The molecule has 3 aromatic heterocycles. The van der Waals surface area contributed by atoms with Crippen molar-refractivity contribution in [2.24, 2.45) is 0 Å². The van der Waals surface area contributed by atoms with Crippen molar-refractivity contribution in [3.05, 3.63) is 166 Å². The molecule has 5 heterocycles. The Kier molecular flexibility index (Phi) is 8.63. The first-order valence-electron chi connectivity index (χ1n) is 23.3. The maximum atomic E-state index is 7.03. The van der Waals surface area contributed by atoms with Crippen LogP contribution in [0.4, 0.5) is 17.1 Å². The molecule has 0 N–H and O–H groups in total. The second-order valence-electron chi connectivity index (χ2n) is 23.0. The second kappa shape index (κ2) is 13.6. The summed E-state index contributed by atoms with van der Waals surface area (Å²) in [5.41, 5.74) is 18.5. The van der Waals surface area contributed by atoms with Crippen LogP contribution in [0.15, 0.2) is 122 Å². The minimum Gasteiger partial charge on any atom is -0.457 e. The van der Waals surface area contributed by atoms with E-state index in [4.69, 9.17) is 9.72 Å². The van der Waals surface area contributed by atoms with Crippen molar-refractivity contribution in [3.8, 4) is 28.4 Å². The van der Waals surface area contributed by atoms with Gasteiger partial charge in [-0.05, 0) is 120 Å². The van der Waals surface area contributed by atoms with Crippen LogP contribution in [0.3, 0.4) is 0 Å². The lowest BCUT2D eigenvalue weighted by atomic mass is 9.59. The number of aromatic nitrogens is 3. The number of fused-ring (bicyclic) bond motifs is 12. The summed E-state index contributed by atoms with van der Waals surface area (Å²) >= 11 is 0. The van der Waals surface area contributed by atoms with Gasteiger partial charge in [-0.25, -0.2) is 4.98 Å². The summed E-state index contributed by atoms with van der Waals surface area (Å²) in [6.07, 6.45) is 5.62. The van der Waals surface area contributed by atoms with Gasteiger partial charge in [-0.3, -0.25) is 9.55 Å². The lowest BCUT2D eigenvalue weighted by Crippen LogP contribution is -2.40. The van der Waals surface area contributed by atoms with Crippen LogP contribution in [-0.2, 0) is 27.1 Å². The Bertz CT molecular complexity index is 3190. The standard InChI is InChI=1S/C59H61N5O/c1-55(2,3)35-27-41-42-28-36(56(4,5)6)30-46(58(10,11)12)53(42)59(52(41)45(29-35)57(7,8)9)43-23-21-38(32-49(43)63-34-62(13)47-18-16-17-44(59)54(47)63)65-37-20-22-39-40-24-26-60-33-50(40)64(48(39)31-37)51-19-14-15-25-61-51/h14-33H,34H2,1-13H3. The maximum Gasteiger partial charge on any atom is 0.137 e. The molecule has 11 rings (SSSR count). The van der Waals surface area contributed by atoms with Gasteiger partial charge in [-0.15, -0.1) is 0 Å². The molecule has 0 fully saturated rings. The Morgan fingerprint density at radius 2 is 1.18 bits per heavy atom. The molecule has 3 aliphatic rings. The normalized spacial score (nSPS) is 15.2. The van der Waals surface area contributed by atoms with Crippen LogP contribution in [0.5, 0.6) is 11.5 Å². The summed E-state index contributed by atoms with van der Waals surface area (Å²) in [5.74, 6) is 2.41. The third-order valence-electron chi connectivity index (χ3n) is 14.4. The van der Waals surface area contributed by atoms with E-state index in [1.165, 1.54) is 72.7 Å². The van der Waals surface area contributed by atoms with Crippen molar-refractivity contribution in [2.75, 3.05) is 23.5 Å². The minimum absolute atomic E-state index is 0.0461. The third kappa shape index (κ3) is 5.98. The molecule has 0 amide bonds. The van der Waals surface area contributed by atoms with Crippen molar-refractivity contribution in [1.29, 1.82) is 0 Å². The molecule has 0 atom stereocenters. The van der Waals surface area contributed by atoms with Crippen molar-refractivity contribution in [3.63, 3.8) is 0 Å². The Morgan fingerprint density at radius 3 is 1.80 bits per heavy atom. The molecule has 6 nitrogen and oxygen atoms in total. The third-order valence-corrected chi connectivity index (χ3v) is 14.4. The van der Waals surface area contributed by atoms with E-state index in [1.54, 1.807) is 0 Å². The Labute approximate surface area is 384 Å². The average Bonchev–Trinajstić information content (AvgIpc) is 3.87. The molecular formula is C59H61N5O. The molecule has 65 heavy (non-hydrogen) atoms. The van der Waals surface area contributed by atoms with Crippen LogP contribution in [0.1, 0.15) is 128 Å². The number of para-hydroxylation sites is 1. The molecule has 2 aliphatic heterocycles. The monoisotopic (exact) mass is 855 g/mol. The zero-order valence-electron chi connectivity index (χ0n) is 40.4. The summed E-state index contributed by atoms with van der Waals surface area (Å²) in [6, 6.07) is 38.7. The highest BCUT2D eigenvalue weighted by Gasteiger charge is 2.57. The Hall–Kier alpha value is -6.40. The molecule has 0 saturated heterocycles. The second-order valence-corrected chi connectivity index (χ2v) is 23.0.